The molecule has 0 N–H and O–H groups in total. The van der Waals surface area contributed by atoms with Crippen molar-refractivity contribution in [2.45, 2.75) is 40.0 Å². The Balaban J connectivity index is 2.37. The van der Waals surface area contributed by atoms with E-state index in [0.717, 1.165) is 36.2 Å². The van der Waals surface area contributed by atoms with Gasteiger partial charge in [-0.3, -0.25) is 4.79 Å². The Morgan fingerprint density at radius 1 is 1.44 bits per heavy atom. The molecule has 1 saturated carbocycles. The summed E-state index contributed by atoms with van der Waals surface area (Å²) in [5.41, 5.74) is 1.96. The topological polar surface area (TPSA) is 26.3 Å². The lowest BCUT2D eigenvalue weighted by molar-refractivity contribution is -0.126. The molecular formula is C14H20O2. The Kier molecular flexibility index (Phi) is 2.69. The molecule has 0 radical (unpaired) electrons. The number of rotatable bonds is 1. The highest BCUT2D eigenvalue weighted by Crippen LogP contribution is 2.43. The van der Waals surface area contributed by atoms with Crippen molar-refractivity contribution in [3.8, 4) is 0 Å². The third-order valence-corrected chi connectivity index (χ3v) is 3.92. The van der Waals surface area contributed by atoms with Gasteiger partial charge in [0.05, 0.1) is 12.9 Å². The lowest BCUT2D eigenvalue weighted by Gasteiger charge is -2.37. The summed E-state index contributed by atoms with van der Waals surface area (Å²) in [5.74, 6) is 1.76. The molecule has 2 heteroatoms. The van der Waals surface area contributed by atoms with E-state index in [1.807, 2.05) is 13.0 Å². The average Bonchev–Trinajstić information content (AvgIpc) is 2.24. The first-order chi connectivity index (χ1) is 7.45. The van der Waals surface area contributed by atoms with Crippen LogP contribution in [0.3, 0.4) is 0 Å². The standard InChI is InChI=1S/C14H20O2/c1-9-7-11-10(8-12(9)16-4)5-6-14(2,3)13(11)15/h7,10H,5-6,8H2,1-4H3. The quantitative estimate of drug-likeness (QED) is 0.678. The molecular weight excluding hydrogens is 200 g/mol. The second kappa shape index (κ2) is 3.76. The van der Waals surface area contributed by atoms with Gasteiger partial charge in [0.2, 0.25) is 0 Å². The zero-order chi connectivity index (χ0) is 11.9. The number of ketones is 1. The molecule has 0 aromatic rings. The van der Waals surface area contributed by atoms with Crippen LogP contribution in [0.5, 0.6) is 0 Å². The SMILES string of the molecule is COC1=C(C)C=C2C(=O)C(C)(C)CCC2C1. The molecule has 0 amide bonds. The molecule has 0 spiro atoms. The maximum atomic E-state index is 12.3. The summed E-state index contributed by atoms with van der Waals surface area (Å²) in [6, 6.07) is 0. The first-order valence-corrected chi connectivity index (χ1v) is 5.96. The lowest BCUT2D eigenvalue weighted by Crippen LogP contribution is -2.35. The number of Topliss-reactive ketones (excluding diaryl/α,β-unsaturated/α-hetero) is 1. The van der Waals surface area contributed by atoms with Crippen molar-refractivity contribution in [2.75, 3.05) is 7.11 Å². The maximum absolute atomic E-state index is 12.3. The van der Waals surface area contributed by atoms with Crippen LogP contribution in [0.4, 0.5) is 0 Å². The molecule has 0 aromatic carbocycles. The summed E-state index contributed by atoms with van der Waals surface area (Å²) >= 11 is 0. The van der Waals surface area contributed by atoms with E-state index in [2.05, 4.69) is 13.8 Å². The zero-order valence-corrected chi connectivity index (χ0v) is 10.6. The Morgan fingerprint density at radius 2 is 2.12 bits per heavy atom. The van der Waals surface area contributed by atoms with Crippen molar-refractivity contribution in [2.24, 2.45) is 11.3 Å². The minimum Gasteiger partial charge on any atom is -0.501 e. The fraction of sp³-hybridized carbons (Fsp3) is 0.643. The van der Waals surface area contributed by atoms with Gasteiger partial charge in [-0.1, -0.05) is 13.8 Å². The first-order valence-electron chi connectivity index (χ1n) is 5.96. The van der Waals surface area contributed by atoms with Gasteiger partial charge >= 0.3 is 0 Å². The van der Waals surface area contributed by atoms with E-state index in [-0.39, 0.29) is 5.41 Å². The Bertz CT molecular complexity index is 386. The van der Waals surface area contributed by atoms with Crippen LogP contribution >= 0.6 is 0 Å². The third-order valence-electron chi connectivity index (χ3n) is 3.92. The van der Waals surface area contributed by atoms with E-state index in [0.29, 0.717) is 11.7 Å². The minimum absolute atomic E-state index is 0.173. The highest BCUT2D eigenvalue weighted by Gasteiger charge is 2.40. The highest BCUT2D eigenvalue weighted by atomic mass is 16.5. The number of ether oxygens (including phenoxy) is 1. The van der Waals surface area contributed by atoms with Crippen molar-refractivity contribution >= 4 is 5.78 Å². The number of carbonyl (C=O) groups is 1. The summed E-state index contributed by atoms with van der Waals surface area (Å²) in [4.78, 5) is 12.3. The van der Waals surface area contributed by atoms with E-state index in [4.69, 9.17) is 4.74 Å². The molecule has 0 aliphatic heterocycles. The van der Waals surface area contributed by atoms with Crippen LogP contribution in [0, 0.1) is 11.3 Å². The van der Waals surface area contributed by atoms with Crippen LogP contribution in [-0.4, -0.2) is 12.9 Å². The van der Waals surface area contributed by atoms with E-state index in [1.54, 1.807) is 7.11 Å². The van der Waals surface area contributed by atoms with Gasteiger partial charge in [-0.05, 0) is 42.9 Å². The third kappa shape index (κ3) is 1.70. The maximum Gasteiger partial charge on any atom is 0.164 e. The minimum atomic E-state index is -0.173. The molecule has 0 heterocycles. The molecule has 2 aliphatic carbocycles. The zero-order valence-electron chi connectivity index (χ0n) is 10.6. The Hall–Kier alpha value is -1.05. The van der Waals surface area contributed by atoms with Crippen molar-refractivity contribution in [1.82, 2.24) is 0 Å². The van der Waals surface area contributed by atoms with Crippen LogP contribution in [-0.2, 0) is 9.53 Å². The highest BCUT2D eigenvalue weighted by molar-refractivity contribution is 6.01. The van der Waals surface area contributed by atoms with Crippen molar-refractivity contribution in [3.05, 3.63) is 23.0 Å². The predicted octanol–water partition coefficient (Wildman–Crippen LogP) is 3.24. The number of fused-ring (bicyclic) bond motifs is 1. The number of hydrogen-bond donors (Lipinski definition) is 0. The van der Waals surface area contributed by atoms with E-state index in [1.165, 1.54) is 0 Å². The predicted molar refractivity (Wildman–Crippen MR) is 63.9 cm³/mol. The molecule has 2 nitrogen and oxygen atoms in total. The van der Waals surface area contributed by atoms with Gasteiger partial charge in [-0.25, -0.2) is 0 Å². The summed E-state index contributed by atoms with van der Waals surface area (Å²) in [5, 5.41) is 0. The number of carbonyl (C=O) groups excluding carboxylic acids is 1. The van der Waals surface area contributed by atoms with Crippen molar-refractivity contribution < 1.29 is 9.53 Å². The second-order valence-electron chi connectivity index (χ2n) is 5.56. The molecule has 16 heavy (non-hydrogen) atoms. The average molecular weight is 220 g/mol. The molecule has 2 rings (SSSR count). The molecule has 1 atom stereocenters. The van der Waals surface area contributed by atoms with Gasteiger partial charge in [-0.2, -0.15) is 0 Å². The molecule has 0 aromatic heterocycles. The van der Waals surface area contributed by atoms with Gasteiger partial charge in [0.1, 0.15) is 0 Å². The normalized spacial score (nSPS) is 28.6. The lowest BCUT2D eigenvalue weighted by atomic mass is 9.66. The molecule has 0 bridgehead atoms. The van der Waals surface area contributed by atoms with Gasteiger partial charge in [0.15, 0.2) is 5.78 Å². The molecule has 1 unspecified atom stereocenters. The van der Waals surface area contributed by atoms with Gasteiger partial charge in [-0.15, -0.1) is 0 Å². The smallest absolute Gasteiger partial charge is 0.164 e. The van der Waals surface area contributed by atoms with E-state index in [9.17, 15) is 4.79 Å². The summed E-state index contributed by atoms with van der Waals surface area (Å²) in [6.45, 7) is 6.13. The fourth-order valence-electron chi connectivity index (χ4n) is 2.72. The largest absolute Gasteiger partial charge is 0.501 e. The fourth-order valence-corrected chi connectivity index (χ4v) is 2.72. The Morgan fingerprint density at radius 3 is 2.75 bits per heavy atom. The van der Waals surface area contributed by atoms with Crippen LogP contribution in [0.15, 0.2) is 23.0 Å². The molecule has 2 aliphatic rings. The Labute approximate surface area is 97.4 Å². The van der Waals surface area contributed by atoms with Crippen LogP contribution in [0.2, 0.25) is 0 Å². The van der Waals surface area contributed by atoms with Gasteiger partial charge in [0.25, 0.3) is 0 Å². The molecule has 0 saturated heterocycles. The first kappa shape index (κ1) is 11.4. The van der Waals surface area contributed by atoms with Crippen LogP contribution in [0.25, 0.3) is 0 Å². The van der Waals surface area contributed by atoms with Crippen LogP contribution in [0.1, 0.15) is 40.0 Å². The van der Waals surface area contributed by atoms with Gasteiger partial charge in [0, 0.05) is 11.8 Å². The number of methoxy groups -OCH3 is 1. The molecule has 1 fully saturated rings. The van der Waals surface area contributed by atoms with Gasteiger partial charge < -0.3 is 4.74 Å². The second-order valence-corrected chi connectivity index (χ2v) is 5.56. The van der Waals surface area contributed by atoms with Crippen molar-refractivity contribution in [3.63, 3.8) is 0 Å². The summed E-state index contributed by atoms with van der Waals surface area (Å²) in [6.07, 6.45) is 5.03. The summed E-state index contributed by atoms with van der Waals surface area (Å²) in [7, 11) is 1.71. The summed E-state index contributed by atoms with van der Waals surface area (Å²) < 4.78 is 5.36. The number of hydrogen-bond acceptors (Lipinski definition) is 2. The van der Waals surface area contributed by atoms with E-state index < -0.39 is 0 Å². The number of allylic oxidation sites excluding steroid dienone is 4. The molecule has 88 valence electrons. The monoisotopic (exact) mass is 220 g/mol. The van der Waals surface area contributed by atoms with Crippen LogP contribution < -0.4 is 0 Å². The van der Waals surface area contributed by atoms with E-state index >= 15 is 0 Å². The van der Waals surface area contributed by atoms with Crippen molar-refractivity contribution in [1.29, 1.82) is 0 Å².